The molecule has 0 radical (unpaired) electrons. The number of aromatic nitrogens is 2. The van der Waals surface area contributed by atoms with Crippen molar-refractivity contribution in [3.63, 3.8) is 0 Å². The summed E-state index contributed by atoms with van der Waals surface area (Å²) in [5.41, 5.74) is 5.13. The second-order valence-electron chi connectivity index (χ2n) is 6.33. The number of allylic oxidation sites excluding steroid dienone is 1. The number of fused-ring (bicyclic) bond motifs is 1. The predicted molar refractivity (Wildman–Crippen MR) is 115 cm³/mol. The summed E-state index contributed by atoms with van der Waals surface area (Å²) >= 11 is 1.69. The van der Waals surface area contributed by atoms with Crippen LogP contribution in [0.2, 0.25) is 0 Å². The molecule has 140 valence electrons. The van der Waals surface area contributed by atoms with Gasteiger partial charge in [0.15, 0.2) is 5.82 Å². The van der Waals surface area contributed by atoms with Gasteiger partial charge in [0.2, 0.25) is 0 Å². The van der Waals surface area contributed by atoms with Crippen LogP contribution in [-0.2, 0) is 7.05 Å². The van der Waals surface area contributed by atoms with Gasteiger partial charge in [0, 0.05) is 53.1 Å². The SMILES string of the molecule is C=CC(CC(CC)=Nc1nccc2c1cc(-c1ccsc1)n2C)=NC(C)O. The Labute approximate surface area is 163 Å². The molecular formula is C21H24N4OS. The van der Waals surface area contributed by atoms with E-state index in [1.54, 1.807) is 30.5 Å². The van der Waals surface area contributed by atoms with E-state index in [1.165, 1.54) is 5.56 Å². The summed E-state index contributed by atoms with van der Waals surface area (Å²) in [6.45, 7) is 7.48. The molecule has 0 spiro atoms. The van der Waals surface area contributed by atoms with Gasteiger partial charge in [-0.3, -0.25) is 4.99 Å². The first-order chi connectivity index (χ1) is 13.0. The Morgan fingerprint density at radius 1 is 1.44 bits per heavy atom. The smallest absolute Gasteiger partial charge is 0.161 e. The van der Waals surface area contributed by atoms with Gasteiger partial charge < -0.3 is 9.67 Å². The van der Waals surface area contributed by atoms with E-state index in [0.717, 1.165) is 34.4 Å². The van der Waals surface area contributed by atoms with Crippen molar-refractivity contribution in [1.82, 2.24) is 9.55 Å². The minimum Gasteiger partial charge on any atom is -0.372 e. The molecular weight excluding hydrogens is 356 g/mol. The molecule has 0 aromatic carbocycles. The summed E-state index contributed by atoms with van der Waals surface area (Å²) < 4.78 is 2.17. The highest BCUT2D eigenvalue weighted by Gasteiger charge is 2.13. The number of aryl methyl sites for hydroxylation is 1. The summed E-state index contributed by atoms with van der Waals surface area (Å²) in [6.07, 6.45) is 4.04. The summed E-state index contributed by atoms with van der Waals surface area (Å²) in [5.74, 6) is 0.710. The average molecular weight is 381 g/mol. The largest absolute Gasteiger partial charge is 0.372 e. The van der Waals surface area contributed by atoms with Crippen LogP contribution in [0.5, 0.6) is 0 Å². The highest BCUT2D eigenvalue weighted by atomic mass is 32.1. The standard InChI is InChI=1S/C21H24N4OS/c1-5-16(23-14(3)26)11-17(6-2)24-21-18-12-20(15-8-10-27-13-15)25(4)19(18)7-9-22-21/h5,7-10,12-14,26H,1,6,11H2,2-4H3. The van der Waals surface area contributed by atoms with Gasteiger partial charge in [-0.05, 0) is 43.0 Å². The van der Waals surface area contributed by atoms with Crippen LogP contribution >= 0.6 is 11.3 Å². The van der Waals surface area contributed by atoms with Crippen molar-refractivity contribution >= 4 is 39.5 Å². The quantitative estimate of drug-likeness (QED) is 0.577. The molecule has 0 saturated carbocycles. The highest BCUT2D eigenvalue weighted by molar-refractivity contribution is 7.08. The van der Waals surface area contributed by atoms with Crippen LogP contribution in [0.1, 0.15) is 26.7 Å². The van der Waals surface area contributed by atoms with E-state index >= 15 is 0 Å². The molecule has 0 aliphatic carbocycles. The molecule has 0 fully saturated rings. The maximum Gasteiger partial charge on any atom is 0.161 e. The third-order valence-electron chi connectivity index (χ3n) is 4.41. The molecule has 1 unspecified atom stereocenters. The van der Waals surface area contributed by atoms with Crippen LogP contribution < -0.4 is 0 Å². The number of hydrogen-bond acceptors (Lipinski definition) is 5. The monoisotopic (exact) mass is 380 g/mol. The number of aliphatic imine (C=N–C) groups is 2. The van der Waals surface area contributed by atoms with Crippen molar-refractivity contribution in [1.29, 1.82) is 0 Å². The van der Waals surface area contributed by atoms with Crippen LogP contribution in [0, 0.1) is 0 Å². The number of rotatable bonds is 7. The number of pyridine rings is 1. The van der Waals surface area contributed by atoms with Crippen LogP contribution in [0.4, 0.5) is 5.82 Å². The Morgan fingerprint density at radius 3 is 2.89 bits per heavy atom. The molecule has 5 nitrogen and oxygen atoms in total. The number of aliphatic hydroxyl groups excluding tert-OH is 1. The molecule has 1 N–H and O–H groups in total. The molecule has 6 heteroatoms. The predicted octanol–water partition coefficient (Wildman–Crippen LogP) is 5.14. The summed E-state index contributed by atoms with van der Waals surface area (Å²) in [7, 11) is 2.06. The van der Waals surface area contributed by atoms with E-state index in [-0.39, 0.29) is 0 Å². The van der Waals surface area contributed by atoms with Crippen molar-refractivity contribution < 1.29 is 5.11 Å². The van der Waals surface area contributed by atoms with Gasteiger partial charge in [0.05, 0.1) is 5.52 Å². The van der Waals surface area contributed by atoms with E-state index < -0.39 is 6.23 Å². The Bertz CT molecular complexity index is 997. The lowest BCUT2D eigenvalue weighted by Crippen LogP contribution is -2.08. The fraction of sp³-hybridized carbons (Fsp3) is 0.286. The van der Waals surface area contributed by atoms with Crippen LogP contribution in [0.25, 0.3) is 22.2 Å². The van der Waals surface area contributed by atoms with Crippen molar-refractivity contribution in [2.45, 2.75) is 32.9 Å². The molecule has 3 heterocycles. The molecule has 0 bridgehead atoms. The van der Waals surface area contributed by atoms with Gasteiger partial charge in [0.1, 0.15) is 6.23 Å². The van der Waals surface area contributed by atoms with Crippen molar-refractivity contribution in [2.75, 3.05) is 0 Å². The number of thiophene rings is 1. The van der Waals surface area contributed by atoms with Gasteiger partial charge in [-0.1, -0.05) is 13.5 Å². The van der Waals surface area contributed by atoms with Crippen molar-refractivity contribution in [3.8, 4) is 11.3 Å². The fourth-order valence-electron chi connectivity index (χ4n) is 3.04. The molecule has 27 heavy (non-hydrogen) atoms. The lowest BCUT2D eigenvalue weighted by Gasteiger charge is -2.07. The van der Waals surface area contributed by atoms with E-state index in [2.05, 4.69) is 58.0 Å². The van der Waals surface area contributed by atoms with Gasteiger partial charge in [-0.2, -0.15) is 11.3 Å². The lowest BCUT2D eigenvalue weighted by molar-refractivity contribution is 0.205. The second-order valence-corrected chi connectivity index (χ2v) is 7.11. The van der Waals surface area contributed by atoms with Gasteiger partial charge in [-0.15, -0.1) is 0 Å². The minimum atomic E-state index is -0.750. The first kappa shape index (κ1) is 19.2. The fourth-order valence-corrected chi connectivity index (χ4v) is 3.69. The van der Waals surface area contributed by atoms with Crippen LogP contribution in [-0.4, -0.2) is 32.3 Å². The molecule has 0 amide bonds. The zero-order valence-electron chi connectivity index (χ0n) is 15.9. The molecule has 0 aliphatic heterocycles. The number of nitrogens with zero attached hydrogens (tertiary/aromatic N) is 4. The third-order valence-corrected chi connectivity index (χ3v) is 5.10. The molecule has 3 aromatic rings. The Morgan fingerprint density at radius 2 is 2.26 bits per heavy atom. The minimum absolute atomic E-state index is 0.549. The summed E-state index contributed by atoms with van der Waals surface area (Å²) in [5, 5.41) is 14.8. The second kappa shape index (κ2) is 8.41. The number of aliphatic hydroxyl groups is 1. The van der Waals surface area contributed by atoms with Gasteiger partial charge in [0.25, 0.3) is 0 Å². The Hall–Kier alpha value is -2.57. The summed E-state index contributed by atoms with van der Waals surface area (Å²) in [4.78, 5) is 13.5. The zero-order chi connectivity index (χ0) is 19.4. The highest BCUT2D eigenvalue weighted by Crippen LogP contribution is 2.32. The maximum absolute atomic E-state index is 9.50. The summed E-state index contributed by atoms with van der Waals surface area (Å²) in [6, 6.07) is 6.28. The van der Waals surface area contributed by atoms with E-state index in [1.807, 2.05) is 6.07 Å². The first-order valence-electron chi connectivity index (χ1n) is 8.94. The zero-order valence-corrected chi connectivity index (χ0v) is 16.7. The van der Waals surface area contributed by atoms with E-state index in [4.69, 9.17) is 4.99 Å². The molecule has 3 aromatic heterocycles. The lowest BCUT2D eigenvalue weighted by atomic mass is 10.1. The van der Waals surface area contributed by atoms with E-state index in [0.29, 0.717) is 12.2 Å². The van der Waals surface area contributed by atoms with Crippen molar-refractivity contribution in [3.05, 3.63) is 47.8 Å². The molecule has 0 saturated heterocycles. The Balaban J connectivity index is 2.04. The van der Waals surface area contributed by atoms with Gasteiger partial charge in [-0.25, -0.2) is 9.98 Å². The van der Waals surface area contributed by atoms with Gasteiger partial charge >= 0.3 is 0 Å². The first-order valence-corrected chi connectivity index (χ1v) is 9.88. The normalized spacial score (nSPS) is 13.9. The van der Waals surface area contributed by atoms with Crippen LogP contribution in [0.15, 0.2) is 57.8 Å². The third kappa shape index (κ3) is 4.23. The Kier molecular flexibility index (Phi) is 5.98. The molecule has 1 atom stereocenters. The van der Waals surface area contributed by atoms with Crippen LogP contribution in [0.3, 0.4) is 0 Å². The maximum atomic E-state index is 9.50. The average Bonchev–Trinajstić information content (AvgIpc) is 3.29. The molecule has 3 rings (SSSR count). The van der Waals surface area contributed by atoms with Crippen molar-refractivity contribution in [2.24, 2.45) is 17.0 Å². The van der Waals surface area contributed by atoms with E-state index in [9.17, 15) is 5.11 Å². The molecule has 0 aliphatic rings. The topological polar surface area (TPSA) is 62.8 Å². The number of hydrogen-bond donors (Lipinski definition) is 1.